The number of fused-ring (bicyclic) bond motifs is 1. The maximum absolute atomic E-state index is 12.2. The molecule has 0 aliphatic carbocycles. The van der Waals surface area contributed by atoms with Crippen LogP contribution in [0.1, 0.15) is 0 Å². The lowest BCUT2D eigenvalue weighted by Gasteiger charge is -2.10. The monoisotopic (exact) mass is 377 g/mol. The van der Waals surface area contributed by atoms with Gasteiger partial charge in [0.15, 0.2) is 0 Å². The van der Waals surface area contributed by atoms with E-state index < -0.39 is 0 Å². The largest absolute Gasteiger partial charge is 0.323 e. The summed E-state index contributed by atoms with van der Waals surface area (Å²) in [4.78, 5) is 16.5. The van der Waals surface area contributed by atoms with E-state index in [0.29, 0.717) is 16.4 Å². The van der Waals surface area contributed by atoms with Crippen molar-refractivity contribution in [2.45, 2.75) is 0 Å². The summed E-state index contributed by atoms with van der Waals surface area (Å²) in [5.41, 5.74) is 4.19. The molecule has 7 heteroatoms. The molecule has 0 fully saturated rings. The number of nitrogens with one attached hydrogen (secondary N) is 2. The summed E-state index contributed by atoms with van der Waals surface area (Å²) in [6.45, 7) is 0. The van der Waals surface area contributed by atoms with E-state index >= 15 is 0 Å². The topological polar surface area (TPSA) is 71.8 Å². The van der Waals surface area contributed by atoms with Gasteiger partial charge < -0.3 is 10.6 Å². The first kappa shape index (κ1) is 17.1. The Morgan fingerprint density at radius 1 is 1.00 bits per heavy atom. The molecular formula is C20H16ClN5O. The van der Waals surface area contributed by atoms with Gasteiger partial charge in [0, 0.05) is 29.9 Å². The maximum Gasteiger partial charge on any atom is 0.323 e. The normalized spacial score (nSPS) is 10.7. The average Bonchev–Trinajstić information content (AvgIpc) is 3.06. The number of hydrogen-bond acceptors (Lipinski definition) is 3. The highest BCUT2D eigenvalue weighted by atomic mass is 35.5. The van der Waals surface area contributed by atoms with E-state index in [1.54, 1.807) is 23.0 Å². The van der Waals surface area contributed by atoms with Gasteiger partial charge in [0.05, 0.1) is 28.6 Å². The van der Waals surface area contributed by atoms with Crippen molar-refractivity contribution in [1.29, 1.82) is 0 Å². The van der Waals surface area contributed by atoms with Crippen molar-refractivity contribution in [2.75, 3.05) is 10.6 Å². The van der Waals surface area contributed by atoms with Crippen LogP contribution in [0.4, 0.5) is 16.2 Å². The Morgan fingerprint density at radius 3 is 2.56 bits per heavy atom. The van der Waals surface area contributed by atoms with Crippen LogP contribution < -0.4 is 10.6 Å². The molecule has 2 aromatic carbocycles. The molecule has 0 aliphatic rings. The average molecular weight is 378 g/mol. The van der Waals surface area contributed by atoms with Gasteiger partial charge in [-0.3, -0.25) is 9.67 Å². The van der Waals surface area contributed by atoms with Crippen LogP contribution in [-0.2, 0) is 7.05 Å². The van der Waals surface area contributed by atoms with Crippen LogP contribution in [0.15, 0.2) is 67.1 Å². The van der Waals surface area contributed by atoms with Gasteiger partial charge >= 0.3 is 6.03 Å². The minimum absolute atomic E-state index is 0.355. The molecule has 27 heavy (non-hydrogen) atoms. The SMILES string of the molecule is Cn1ncc2c(-c3ccc(NC(=O)Nc4ccccc4Cl)cc3)cncc21. The number of aromatic nitrogens is 3. The molecule has 0 radical (unpaired) electrons. The smallest absolute Gasteiger partial charge is 0.308 e. The lowest BCUT2D eigenvalue weighted by Crippen LogP contribution is -2.19. The number of hydrogen-bond donors (Lipinski definition) is 2. The lowest BCUT2D eigenvalue weighted by molar-refractivity contribution is 0.262. The third-order valence-electron chi connectivity index (χ3n) is 4.25. The molecule has 2 amide bonds. The van der Waals surface area contributed by atoms with Crippen LogP contribution in [0.5, 0.6) is 0 Å². The molecule has 0 atom stereocenters. The molecule has 6 nitrogen and oxygen atoms in total. The second-order valence-electron chi connectivity index (χ2n) is 6.02. The number of urea groups is 1. The van der Waals surface area contributed by atoms with Crippen LogP contribution in [0, 0.1) is 0 Å². The zero-order valence-corrected chi connectivity index (χ0v) is 15.2. The number of anilines is 2. The van der Waals surface area contributed by atoms with Crippen LogP contribution in [-0.4, -0.2) is 20.8 Å². The summed E-state index contributed by atoms with van der Waals surface area (Å²) in [6.07, 6.45) is 5.44. The van der Waals surface area contributed by atoms with E-state index in [9.17, 15) is 4.79 Å². The van der Waals surface area contributed by atoms with Crippen LogP contribution in [0.3, 0.4) is 0 Å². The van der Waals surface area contributed by atoms with E-state index in [-0.39, 0.29) is 6.03 Å². The first-order chi connectivity index (χ1) is 13.1. The van der Waals surface area contributed by atoms with E-state index in [0.717, 1.165) is 22.0 Å². The predicted molar refractivity (Wildman–Crippen MR) is 108 cm³/mol. The number of amides is 2. The number of carbonyl (C=O) groups is 1. The van der Waals surface area contributed by atoms with E-state index in [4.69, 9.17) is 11.6 Å². The van der Waals surface area contributed by atoms with Gasteiger partial charge in [-0.15, -0.1) is 0 Å². The van der Waals surface area contributed by atoms with Gasteiger partial charge in [-0.25, -0.2) is 4.79 Å². The van der Waals surface area contributed by atoms with Crippen molar-refractivity contribution < 1.29 is 4.79 Å². The zero-order valence-electron chi connectivity index (χ0n) is 14.5. The van der Waals surface area contributed by atoms with Crippen molar-refractivity contribution >= 4 is 39.9 Å². The second-order valence-corrected chi connectivity index (χ2v) is 6.43. The Hall–Kier alpha value is -3.38. The van der Waals surface area contributed by atoms with Crippen molar-refractivity contribution in [3.8, 4) is 11.1 Å². The standard InChI is InChI=1S/C20H16ClN5O/c1-26-19-12-22-10-15(16(19)11-23-26)13-6-8-14(9-7-13)24-20(27)25-18-5-3-2-4-17(18)21/h2-12H,1H3,(H2,24,25,27). The quantitative estimate of drug-likeness (QED) is 0.531. The summed E-state index contributed by atoms with van der Waals surface area (Å²) in [5.74, 6) is 0. The van der Waals surface area contributed by atoms with E-state index in [1.165, 1.54) is 0 Å². The molecule has 4 aromatic rings. The molecule has 0 bridgehead atoms. The number of rotatable bonds is 3. The lowest BCUT2D eigenvalue weighted by atomic mass is 10.0. The highest BCUT2D eigenvalue weighted by Gasteiger charge is 2.09. The summed E-state index contributed by atoms with van der Waals surface area (Å²) < 4.78 is 1.79. The van der Waals surface area contributed by atoms with Gasteiger partial charge in [-0.2, -0.15) is 5.10 Å². The Bertz CT molecular complexity index is 1120. The highest BCUT2D eigenvalue weighted by Crippen LogP contribution is 2.28. The summed E-state index contributed by atoms with van der Waals surface area (Å²) in [5, 5.41) is 11.3. The molecule has 4 rings (SSSR count). The van der Waals surface area contributed by atoms with Gasteiger partial charge in [-0.05, 0) is 29.8 Å². The number of nitrogens with zero attached hydrogens (tertiary/aromatic N) is 3. The fourth-order valence-electron chi connectivity index (χ4n) is 2.87. The number of carbonyl (C=O) groups excluding carboxylic acids is 1. The molecule has 0 spiro atoms. The number of halogens is 1. The molecule has 2 aromatic heterocycles. The van der Waals surface area contributed by atoms with Crippen LogP contribution in [0.2, 0.25) is 5.02 Å². The fourth-order valence-corrected chi connectivity index (χ4v) is 3.05. The predicted octanol–water partition coefficient (Wildman–Crippen LogP) is 4.93. The molecule has 0 saturated heterocycles. The molecule has 0 aliphatic heterocycles. The van der Waals surface area contributed by atoms with Crippen LogP contribution >= 0.6 is 11.6 Å². The molecule has 2 heterocycles. The summed E-state index contributed by atoms with van der Waals surface area (Å²) in [7, 11) is 1.89. The zero-order chi connectivity index (χ0) is 18.8. The van der Waals surface area contributed by atoms with Gasteiger partial charge in [-0.1, -0.05) is 35.9 Å². The third-order valence-corrected chi connectivity index (χ3v) is 4.58. The molecule has 2 N–H and O–H groups in total. The Kier molecular flexibility index (Phi) is 4.48. The van der Waals surface area contributed by atoms with Crippen molar-refractivity contribution in [2.24, 2.45) is 7.05 Å². The minimum atomic E-state index is -0.355. The van der Waals surface area contributed by atoms with Crippen molar-refractivity contribution in [1.82, 2.24) is 14.8 Å². The Balaban J connectivity index is 1.52. The third kappa shape index (κ3) is 3.47. The van der Waals surface area contributed by atoms with Gasteiger partial charge in [0.25, 0.3) is 0 Å². The van der Waals surface area contributed by atoms with E-state index in [1.807, 2.05) is 55.8 Å². The molecule has 134 valence electrons. The molecule has 0 unspecified atom stereocenters. The number of aryl methyl sites for hydroxylation is 1. The highest BCUT2D eigenvalue weighted by molar-refractivity contribution is 6.33. The minimum Gasteiger partial charge on any atom is -0.308 e. The van der Waals surface area contributed by atoms with Crippen molar-refractivity contribution in [3.05, 3.63) is 72.1 Å². The summed E-state index contributed by atoms with van der Waals surface area (Å²) in [6, 6.07) is 14.3. The number of benzene rings is 2. The fraction of sp³-hybridized carbons (Fsp3) is 0.0500. The molecule has 0 saturated carbocycles. The molecular weight excluding hydrogens is 362 g/mol. The number of para-hydroxylation sites is 1. The van der Waals surface area contributed by atoms with Gasteiger partial charge in [0.1, 0.15) is 0 Å². The van der Waals surface area contributed by atoms with Crippen molar-refractivity contribution in [3.63, 3.8) is 0 Å². The first-order valence-electron chi connectivity index (χ1n) is 8.30. The first-order valence-corrected chi connectivity index (χ1v) is 8.68. The Labute approximate surface area is 160 Å². The van der Waals surface area contributed by atoms with Gasteiger partial charge in [0.2, 0.25) is 0 Å². The van der Waals surface area contributed by atoms with E-state index in [2.05, 4.69) is 20.7 Å². The summed E-state index contributed by atoms with van der Waals surface area (Å²) >= 11 is 6.05. The van der Waals surface area contributed by atoms with Crippen LogP contribution in [0.25, 0.3) is 22.0 Å². The maximum atomic E-state index is 12.2. The number of pyridine rings is 1. The Morgan fingerprint density at radius 2 is 1.78 bits per heavy atom. The second kappa shape index (κ2) is 7.09.